The van der Waals surface area contributed by atoms with E-state index in [1.165, 1.54) is 12.1 Å². The first-order chi connectivity index (χ1) is 8.93. The zero-order valence-corrected chi connectivity index (χ0v) is 11.1. The van der Waals surface area contributed by atoms with E-state index in [0.29, 0.717) is 6.42 Å². The lowest BCUT2D eigenvalue weighted by Gasteiger charge is -2.20. The molecule has 0 unspecified atom stereocenters. The molecule has 0 atom stereocenters. The maximum atomic E-state index is 13.5. The monoisotopic (exact) mass is 288 g/mol. The van der Waals surface area contributed by atoms with Crippen molar-refractivity contribution in [3.05, 3.63) is 29.0 Å². The van der Waals surface area contributed by atoms with Gasteiger partial charge in [0.25, 0.3) is 0 Å². The van der Waals surface area contributed by atoms with Gasteiger partial charge in [-0.05, 0) is 24.6 Å². The largest absolute Gasteiger partial charge is 0.480 e. The lowest BCUT2D eigenvalue weighted by Crippen LogP contribution is -2.39. The first-order valence-electron chi connectivity index (χ1n) is 5.66. The zero-order valence-electron chi connectivity index (χ0n) is 10.3. The minimum absolute atomic E-state index is 0.0408. The van der Waals surface area contributed by atoms with Gasteiger partial charge in [0.2, 0.25) is 0 Å². The van der Waals surface area contributed by atoms with Gasteiger partial charge >= 0.3 is 12.0 Å². The third-order valence-corrected chi connectivity index (χ3v) is 2.51. The van der Waals surface area contributed by atoms with Crippen molar-refractivity contribution in [1.29, 1.82) is 0 Å². The number of halogens is 2. The number of benzene rings is 1. The summed E-state index contributed by atoms with van der Waals surface area (Å²) in [6.45, 7) is 1.65. The molecule has 2 amide bonds. The molecule has 1 aromatic rings. The third-order valence-electron chi connectivity index (χ3n) is 2.28. The van der Waals surface area contributed by atoms with E-state index in [9.17, 15) is 14.0 Å². The molecule has 0 radical (unpaired) electrons. The number of carbonyl (C=O) groups is 2. The van der Waals surface area contributed by atoms with Crippen molar-refractivity contribution < 1.29 is 19.1 Å². The van der Waals surface area contributed by atoms with Crippen LogP contribution in [0.3, 0.4) is 0 Å². The lowest BCUT2D eigenvalue weighted by molar-refractivity contribution is -0.137. The predicted octanol–water partition coefficient (Wildman–Crippen LogP) is 2.81. The molecule has 104 valence electrons. The van der Waals surface area contributed by atoms with E-state index >= 15 is 0 Å². The van der Waals surface area contributed by atoms with Gasteiger partial charge in [-0.25, -0.2) is 9.18 Å². The summed E-state index contributed by atoms with van der Waals surface area (Å²) in [6.07, 6.45) is 0.601. The Bertz CT molecular complexity index is 482. The van der Waals surface area contributed by atoms with Crippen LogP contribution >= 0.6 is 11.6 Å². The van der Waals surface area contributed by atoms with E-state index in [2.05, 4.69) is 5.32 Å². The minimum Gasteiger partial charge on any atom is -0.480 e. The van der Waals surface area contributed by atoms with Gasteiger partial charge in [0.1, 0.15) is 12.4 Å². The van der Waals surface area contributed by atoms with Crippen LogP contribution in [0.15, 0.2) is 18.2 Å². The molecule has 7 heteroatoms. The number of hydrogen-bond donors (Lipinski definition) is 2. The van der Waals surface area contributed by atoms with Crippen molar-refractivity contribution in [3.8, 4) is 0 Å². The predicted molar refractivity (Wildman–Crippen MR) is 69.9 cm³/mol. The van der Waals surface area contributed by atoms with Crippen LogP contribution in [0.2, 0.25) is 5.02 Å². The molecule has 0 spiro atoms. The van der Waals surface area contributed by atoms with Crippen molar-refractivity contribution in [2.24, 2.45) is 0 Å². The Balaban J connectivity index is 2.77. The number of amides is 2. The van der Waals surface area contributed by atoms with Crippen molar-refractivity contribution in [2.75, 3.05) is 18.4 Å². The van der Waals surface area contributed by atoms with E-state index in [1.54, 1.807) is 0 Å². The second-order valence-electron chi connectivity index (χ2n) is 3.87. The molecule has 0 bridgehead atoms. The molecule has 19 heavy (non-hydrogen) atoms. The number of nitrogens with zero attached hydrogens (tertiary/aromatic N) is 1. The second-order valence-corrected chi connectivity index (χ2v) is 4.31. The van der Waals surface area contributed by atoms with E-state index in [0.717, 1.165) is 11.0 Å². The summed E-state index contributed by atoms with van der Waals surface area (Å²) >= 11 is 5.59. The summed E-state index contributed by atoms with van der Waals surface area (Å²) in [7, 11) is 0. The maximum Gasteiger partial charge on any atom is 0.323 e. The fourth-order valence-electron chi connectivity index (χ4n) is 1.47. The highest BCUT2D eigenvalue weighted by molar-refractivity contribution is 6.30. The van der Waals surface area contributed by atoms with Crippen LogP contribution in [-0.2, 0) is 4.79 Å². The van der Waals surface area contributed by atoms with Crippen LogP contribution in [-0.4, -0.2) is 35.1 Å². The summed E-state index contributed by atoms with van der Waals surface area (Å²) < 4.78 is 13.5. The first kappa shape index (κ1) is 15.2. The highest BCUT2D eigenvalue weighted by Gasteiger charge is 2.17. The van der Waals surface area contributed by atoms with Crippen LogP contribution in [0.25, 0.3) is 0 Å². The number of nitrogens with one attached hydrogen (secondary N) is 1. The van der Waals surface area contributed by atoms with Crippen LogP contribution in [0.4, 0.5) is 14.9 Å². The summed E-state index contributed by atoms with van der Waals surface area (Å²) in [4.78, 5) is 23.6. The first-order valence-corrected chi connectivity index (χ1v) is 6.04. The van der Waals surface area contributed by atoms with Crippen molar-refractivity contribution in [2.45, 2.75) is 13.3 Å². The average molecular weight is 289 g/mol. The Kier molecular flexibility index (Phi) is 5.57. The second kappa shape index (κ2) is 6.94. The molecule has 0 saturated carbocycles. The highest BCUT2D eigenvalue weighted by atomic mass is 35.5. The topological polar surface area (TPSA) is 69.6 Å². The Hall–Kier alpha value is -1.82. The molecule has 5 nitrogen and oxygen atoms in total. The lowest BCUT2D eigenvalue weighted by atomic mass is 10.3. The van der Waals surface area contributed by atoms with Crippen molar-refractivity contribution in [3.63, 3.8) is 0 Å². The van der Waals surface area contributed by atoms with E-state index in [1.807, 2.05) is 6.92 Å². The van der Waals surface area contributed by atoms with Gasteiger partial charge in [-0.1, -0.05) is 18.5 Å². The number of carboxylic acid groups (broad SMARTS) is 1. The number of carbonyl (C=O) groups excluding carboxylic acids is 1. The quantitative estimate of drug-likeness (QED) is 0.875. The number of carboxylic acids is 1. The van der Waals surface area contributed by atoms with Gasteiger partial charge in [0, 0.05) is 11.6 Å². The Morgan fingerprint density at radius 1 is 1.47 bits per heavy atom. The van der Waals surface area contributed by atoms with Crippen LogP contribution < -0.4 is 5.32 Å². The molecule has 0 aliphatic rings. The Morgan fingerprint density at radius 2 is 2.16 bits per heavy atom. The van der Waals surface area contributed by atoms with Crippen molar-refractivity contribution in [1.82, 2.24) is 4.90 Å². The molecule has 0 fully saturated rings. The normalized spacial score (nSPS) is 10.1. The summed E-state index contributed by atoms with van der Waals surface area (Å²) in [5, 5.41) is 11.2. The maximum absolute atomic E-state index is 13.5. The van der Waals surface area contributed by atoms with E-state index in [4.69, 9.17) is 16.7 Å². The molecule has 0 aliphatic carbocycles. The number of hydrogen-bond acceptors (Lipinski definition) is 2. The van der Waals surface area contributed by atoms with Crippen LogP contribution in [0.5, 0.6) is 0 Å². The Labute approximate surface area is 115 Å². The van der Waals surface area contributed by atoms with Gasteiger partial charge in [-0.3, -0.25) is 4.79 Å². The molecule has 1 rings (SSSR count). The number of urea groups is 1. The van der Waals surface area contributed by atoms with Gasteiger partial charge < -0.3 is 15.3 Å². The van der Waals surface area contributed by atoms with Gasteiger partial charge in [-0.15, -0.1) is 0 Å². The number of anilines is 1. The Morgan fingerprint density at radius 3 is 2.68 bits per heavy atom. The van der Waals surface area contributed by atoms with Gasteiger partial charge in [-0.2, -0.15) is 0 Å². The minimum atomic E-state index is -1.12. The van der Waals surface area contributed by atoms with E-state index < -0.39 is 24.4 Å². The van der Waals surface area contributed by atoms with Crippen LogP contribution in [0, 0.1) is 5.82 Å². The fraction of sp³-hybridized carbons (Fsp3) is 0.333. The SMILES string of the molecule is CCCN(CC(=O)O)C(=O)Nc1ccc(Cl)cc1F. The molecule has 2 N–H and O–H groups in total. The average Bonchev–Trinajstić information content (AvgIpc) is 2.31. The van der Waals surface area contributed by atoms with E-state index in [-0.39, 0.29) is 17.3 Å². The number of rotatable bonds is 5. The van der Waals surface area contributed by atoms with Gasteiger partial charge in [0.15, 0.2) is 0 Å². The summed E-state index contributed by atoms with van der Waals surface area (Å²) in [5.41, 5.74) is -0.0408. The molecule has 0 aliphatic heterocycles. The fourth-order valence-corrected chi connectivity index (χ4v) is 1.63. The molecule has 0 aromatic heterocycles. The molecular weight excluding hydrogens is 275 g/mol. The standard InChI is InChI=1S/C12H14ClFN2O3/c1-2-5-16(7-11(17)18)12(19)15-10-4-3-8(13)6-9(10)14/h3-4,6H,2,5,7H2,1H3,(H,15,19)(H,17,18). The zero-order chi connectivity index (χ0) is 14.4. The van der Waals surface area contributed by atoms with Crippen molar-refractivity contribution >= 4 is 29.3 Å². The molecular formula is C12H14ClFN2O3. The smallest absolute Gasteiger partial charge is 0.323 e. The summed E-state index contributed by atoms with van der Waals surface area (Å²) in [6, 6.07) is 3.16. The molecule has 0 saturated heterocycles. The van der Waals surface area contributed by atoms with Gasteiger partial charge in [0.05, 0.1) is 5.69 Å². The molecule has 1 aromatic carbocycles. The molecule has 0 heterocycles. The highest BCUT2D eigenvalue weighted by Crippen LogP contribution is 2.19. The van der Waals surface area contributed by atoms with Crippen LogP contribution in [0.1, 0.15) is 13.3 Å². The summed E-state index contributed by atoms with van der Waals surface area (Å²) in [5.74, 6) is -1.80. The third kappa shape index (κ3) is 4.75. The number of aliphatic carboxylic acids is 1.